The summed E-state index contributed by atoms with van der Waals surface area (Å²) in [4.78, 5) is 55.6. The standard InChI is InChI=1S/C20H35N7O5/c1-3-12(2)17(20(32)24-10-16(28)29)27-19(31)15(8-13-9-23-11-25-13)26-18(30)14(22)6-4-5-7-21/h9,11-12,14-15,17H,3-8,10,21-22H2,1-2H3,(H,23,25)(H,24,32)(H,26,30)(H,27,31)(H,28,29). The lowest BCUT2D eigenvalue weighted by atomic mass is 9.97. The first kappa shape index (κ1) is 27.0. The van der Waals surface area contributed by atoms with Crippen LogP contribution >= 0.6 is 0 Å². The molecule has 32 heavy (non-hydrogen) atoms. The molecule has 12 nitrogen and oxygen atoms in total. The number of nitrogens with two attached hydrogens (primary N) is 2. The zero-order valence-electron chi connectivity index (χ0n) is 18.6. The SMILES string of the molecule is CCC(C)C(NC(=O)C(Cc1cnc[nH]1)NC(=O)C(N)CCCCN)C(=O)NCC(=O)O. The predicted molar refractivity (Wildman–Crippen MR) is 117 cm³/mol. The van der Waals surface area contributed by atoms with Gasteiger partial charge in [0.2, 0.25) is 17.7 Å². The van der Waals surface area contributed by atoms with Crippen LogP contribution in [0.4, 0.5) is 0 Å². The lowest BCUT2D eigenvalue weighted by Crippen LogP contribution is -2.58. The van der Waals surface area contributed by atoms with Gasteiger partial charge in [-0.1, -0.05) is 26.7 Å². The minimum absolute atomic E-state index is 0.108. The van der Waals surface area contributed by atoms with E-state index in [2.05, 4.69) is 25.9 Å². The van der Waals surface area contributed by atoms with Crippen molar-refractivity contribution in [3.8, 4) is 0 Å². The summed E-state index contributed by atoms with van der Waals surface area (Å²) in [5.41, 5.74) is 12.0. The molecular formula is C20H35N7O5. The minimum atomic E-state index is -1.19. The van der Waals surface area contributed by atoms with E-state index in [-0.39, 0.29) is 12.3 Å². The lowest BCUT2D eigenvalue weighted by Gasteiger charge is -2.26. The number of hydrogen-bond acceptors (Lipinski definition) is 7. The topological polar surface area (TPSA) is 205 Å². The van der Waals surface area contributed by atoms with Gasteiger partial charge in [-0.25, -0.2) is 4.98 Å². The zero-order chi connectivity index (χ0) is 24.1. The number of nitrogens with zero attached hydrogens (tertiary/aromatic N) is 1. The van der Waals surface area contributed by atoms with Gasteiger partial charge in [-0.15, -0.1) is 0 Å². The zero-order valence-corrected chi connectivity index (χ0v) is 18.6. The molecule has 0 radical (unpaired) electrons. The van der Waals surface area contributed by atoms with E-state index in [1.807, 2.05) is 6.92 Å². The number of unbranched alkanes of at least 4 members (excludes halogenated alkanes) is 1. The number of carboxylic acid groups (broad SMARTS) is 1. The lowest BCUT2D eigenvalue weighted by molar-refractivity contribution is -0.139. The number of carboxylic acids is 1. The Labute approximate surface area is 187 Å². The molecule has 1 aromatic rings. The third-order valence-corrected chi connectivity index (χ3v) is 5.12. The Morgan fingerprint density at radius 1 is 1.16 bits per heavy atom. The average Bonchev–Trinajstić information content (AvgIpc) is 3.27. The van der Waals surface area contributed by atoms with E-state index in [1.165, 1.54) is 12.5 Å². The maximum atomic E-state index is 13.0. The summed E-state index contributed by atoms with van der Waals surface area (Å²) in [5, 5.41) is 16.4. The van der Waals surface area contributed by atoms with Crippen molar-refractivity contribution in [2.45, 2.75) is 64.1 Å². The molecule has 0 aromatic carbocycles. The number of aromatic amines is 1. The number of hydrogen-bond donors (Lipinski definition) is 7. The third kappa shape index (κ3) is 9.43. The van der Waals surface area contributed by atoms with Crippen LogP contribution in [-0.2, 0) is 25.6 Å². The number of amides is 3. The number of nitrogens with one attached hydrogen (secondary N) is 4. The van der Waals surface area contributed by atoms with Gasteiger partial charge in [0.25, 0.3) is 0 Å². The van der Waals surface area contributed by atoms with Crippen molar-refractivity contribution in [3.05, 3.63) is 18.2 Å². The molecule has 0 aliphatic carbocycles. The Morgan fingerprint density at radius 3 is 2.44 bits per heavy atom. The van der Waals surface area contributed by atoms with Crippen LogP contribution in [0, 0.1) is 5.92 Å². The van der Waals surface area contributed by atoms with E-state index >= 15 is 0 Å². The number of imidazole rings is 1. The maximum absolute atomic E-state index is 13.0. The molecule has 3 amide bonds. The van der Waals surface area contributed by atoms with Crippen molar-refractivity contribution in [2.75, 3.05) is 13.1 Å². The number of H-pyrrole nitrogens is 1. The fourth-order valence-corrected chi connectivity index (χ4v) is 2.97. The van der Waals surface area contributed by atoms with Crippen molar-refractivity contribution < 1.29 is 24.3 Å². The van der Waals surface area contributed by atoms with Crippen molar-refractivity contribution in [1.82, 2.24) is 25.9 Å². The molecule has 0 fully saturated rings. The second-order valence-electron chi connectivity index (χ2n) is 7.72. The van der Waals surface area contributed by atoms with Crippen LogP contribution in [-0.4, -0.2) is 70.0 Å². The molecule has 12 heteroatoms. The number of rotatable bonds is 15. The second-order valence-corrected chi connectivity index (χ2v) is 7.72. The molecule has 0 saturated carbocycles. The number of carbonyl (C=O) groups is 4. The Morgan fingerprint density at radius 2 is 1.88 bits per heavy atom. The Balaban J connectivity index is 2.93. The summed E-state index contributed by atoms with van der Waals surface area (Å²) < 4.78 is 0. The van der Waals surface area contributed by atoms with Gasteiger partial charge >= 0.3 is 5.97 Å². The molecule has 0 spiro atoms. The molecule has 1 aromatic heterocycles. The Kier molecular flexibility index (Phi) is 12.0. The van der Waals surface area contributed by atoms with Gasteiger partial charge in [-0.3, -0.25) is 19.2 Å². The van der Waals surface area contributed by atoms with Crippen LogP contribution in [0.1, 0.15) is 45.2 Å². The highest BCUT2D eigenvalue weighted by molar-refractivity contribution is 5.93. The molecule has 0 saturated heterocycles. The number of aliphatic carboxylic acids is 1. The van der Waals surface area contributed by atoms with Crippen LogP contribution in [0.25, 0.3) is 0 Å². The number of aromatic nitrogens is 2. The average molecular weight is 454 g/mol. The predicted octanol–water partition coefficient (Wildman–Crippen LogP) is -1.37. The molecule has 180 valence electrons. The summed E-state index contributed by atoms with van der Waals surface area (Å²) in [6.45, 7) is 3.55. The van der Waals surface area contributed by atoms with Crippen molar-refractivity contribution in [2.24, 2.45) is 17.4 Å². The van der Waals surface area contributed by atoms with Gasteiger partial charge in [0.1, 0.15) is 18.6 Å². The van der Waals surface area contributed by atoms with E-state index in [0.29, 0.717) is 31.5 Å². The molecular weight excluding hydrogens is 418 g/mol. The summed E-state index contributed by atoms with van der Waals surface area (Å²) >= 11 is 0. The molecule has 4 atom stereocenters. The largest absolute Gasteiger partial charge is 0.480 e. The molecule has 1 heterocycles. The minimum Gasteiger partial charge on any atom is -0.480 e. The highest BCUT2D eigenvalue weighted by atomic mass is 16.4. The fraction of sp³-hybridized carbons (Fsp3) is 0.650. The molecule has 9 N–H and O–H groups in total. The van der Waals surface area contributed by atoms with Crippen molar-refractivity contribution >= 4 is 23.7 Å². The normalized spacial score (nSPS) is 14.6. The summed E-state index contributed by atoms with van der Waals surface area (Å²) in [5.74, 6) is -3.15. The van der Waals surface area contributed by atoms with Crippen LogP contribution in [0.15, 0.2) is 12.5 Å². The maximum Gasteiger partial charge on any atom is 0.322 e. The number of carbonyl (C=O) groups excluding carboxylic acids is 3. The van der Waals surface area contributed by atoms with E-state index in [9.17, 15) is 19.2 Å². The van der Waals surface area contributed by atoms with Crippen molar-refractivity contribution in [1.29, 1.82) is 0 Å². The first-order valence-corrected chi connectivity index (χ1v) is 10.7. The first-order valence-electron chi connectivity index (χ1n) is 10.7. The van der Waals surface area contributed by atoms with Gasteiger partial charge in [0.05, 0.1) is 12.4 Å². The van der Waals surface area contributed by atoms with Crippen LogP contribution in [0.2, 0.25) is 0 Å². The van der Waals surface area contributed by atoms with Gasteiger partial charge in [0, 0.05) is 18.3 Å². The van der Waals surface area contributed by atoms with Gasteiger partial charge in [0.15, 0.2) is 0 Å². The Hall–Kier alpha value is -2.99. The fourth-order valence-electron chi connectivity index (χ4n) is 2.97. The van der Waals surface area contributed by atoms with E-state index in [0.717, 1.165) is 6.42 Å². The van der Waals surface area contributed by atoms with E-state index < -0.39 is 48.4 Å². The van der Waals surface area contributed by atoms with E-state index in [4.69, 9.17) is 16.6 Å². The Bertz CT molecular complexity index is 741. The van der Waals surface area contributed by atoms with E-state index in [1.54, 1.807) is 6.92 Å². The second kappa shape index (κ2) is 14.1. The highest BCUT2D eigenvalue weighted by Gasteiger charge is 2.31. The molecule has 0 aliphatic rings. The van der Waals surface area contributed by atoms with Crippen LogP contribution in [0.3, 0.4) is 0 Å². The monoisotopic (exact) mass is 453 g/mol. The molecule has 1 rings (SSSR count). The smallest absolute Gasteiger partial charge is 0.322 e. The van der Waals surface area contributed by atoms with Gasteiger partial charge < -0.3 is 37.5 Å². The molecule has 4 unspecified atom stereocenters. The first-order chi connectivity index (χ1) is 15.2. The molecule has 0 aliphatic heterocycles. The summed E-state index contributed by atoms with van der Waals surface area (Å²) in [6.07, 6.45) is 5.50. The van der Waals surface area contributed by atoms with Crippen LogP contribution < -0.4 is 27.4 Å². The third-order valence-electron chi connectivity index (χ3n) is 5.12. The highest BCUT2D eigenvalue weighted by Crippen LogP contribution is 2.10. The summed E-state index contributed by atoms with van der Waals surface area (Å²) in [6, 6.07) is -2.78. The quantitative estimate of drug-likeness (QED) is 0.157. The summed E-state index contributed by atoms with van der Waals surface area (Å²) in [7, 11) is 0. The molecule has 0 bridgehead atoms. The van der Waals surface area contributed by atoms with Gasteiger partial charge in [-0.2, -0.15) is 0 Å². The van der Waals surface area contributed by atoms with Gasteiger partial charge in [-0.05, 0) is 25.3 Å². The van der Waals surface area contributed by atoms with Crippen molar-refractivity contribution in [3.63, 3.8) is 0 Å². The van der Waals surface area contributed by atoms with Crippen LogP contribution in [0.5, 0.6) is 0 Å².